The lowest BCUT2D eigenvalue weighted by atomic mass is 9.93. The highest BCUT2D eigenvalue weighted by Crippen LogP contribution is 2.29. The SMILES string of the molecule is COc1ccc(C(N)=O)cc1NC1CCC(O)CC1. The molecule has 1 saturated carbocycles. The molecule has 0 aliphatic heterocycles. The Morgan fingerprint density at radius 3 is 2.63 bits per heavy atom. The molecule has 19 heavy (non-hydrogen) atoms. The Bertz CT molecular complexity index is 454. The number of methoxy groups -OCH3 is 1. The van der Waals surface area contributed by atoms with Gasteiger partial charge in [-0.3, -0.25) is 4.79 Å². The van der Waals surface area contributed by atoms with E-state index in [1.807, 2.05) is 0 Å². The minimum Gasteiger partial charge on any atom is -0.495 e. The van der Waals surface area contributed by atoms with Crippen molar-refractivity contribution in [2.75, 3.05) is 12.4 Å². The molecule has 1 fully saturated rings. The number of hydrogen-bond acceptors (Lipinski definition) is 4. The molecule has 0 aromatic heterocycles. The molecule has 0 heterocycles. The molecule has 5 nitrogen and oxygen atoms in total. The number of ether oxygens (including phenoxy) is 1. The van der Waals surface area contributed by atoms with Gasteiger partial charge >= 0.3 is 0 Å². The van der Waals surface area contributed by atoms with Crippen LogP contribution in [0.3, 0.4) is 0 Å². The molecular weight excluding hydrogens is 244 g/mol. The van der Waals surface area contributed by atoms with Gasteiger partial charge in [-0.1, -0.05) is 0 Å². The predicted molar refractivity (Wildman–Crippen MR) is 73.4 cm³/mol. The highest BCUT2D eigenvalue weighted by atomic mass is 16.5. The number of nitrogens with two attached hydrogens (primary N) is 1. The molecule has 0 unspecified atom stereocenters. The van der Waals surface area contributed by atoms with Gasteiger partial charge in [0.05, 0.1) is 18.9 Å². The van der Waals surface area contributed by atoms with Gasteiger partial charge in [-0.15, -0.1) is 0 Å². The number of benzene rings is 1. The van der Waals surface area contributed by atoms with E-state index in [2.05, 4.69) is 5.32 Å². The molecule has 1 amide bonds. The maximum Gasteiger partial charge on any atom is 0.248 e. The van der Waals surface area contributed by atoms with Crippen LogP contribution in [-0.2, 0) is 0 Å². The van der Waals surface area contributed by atoms with E-state index >= 15 is 0 Å². The molecule has 1 aliphatic carbocycles. The van der Waals surface area contributed by atoms with E-state index < -0.39 is 5.91 Å². The van der Waals surface area contributed by atoms with E-state index in [1.54, 1.807) is 25.3 Å². The summed E-state index contributed by atoms with van der Waals surface area (Å²) in [4.78, 5) is 11.2. The monoisotopic (exact) mass is 264 g/mol. The summed E-state index contributed by atoms with van der Waals surface area (Å²) >= 11 is 0. The van der Waals surface area contributed by atoms with Crippen molar-refractivity contribution >= 4 is 11.6 Å². The highest BCUT2D eigenvalue weighted by molar-refractivity contribution is 5.94. The van der Waals surface area contributed by atoms with Gasteiger partial charge in [-0.2, -0.15) is 0 Å². The summed E-state index contributed by atoms with van der Waals surface area (Å²) in [5.41, 5.74) is 6.52. The molecule has 5 heteroatoms. The third-order valence-corrected chi connectivity index (χ3v) is 3.54. The van der Waals surface area contributed by atoms with Gasteiger partial charge in [-0.25, -0.2) is 0 Å². The molecule has 0 spiro atoms. The molecular formula is C14H20N2O3. The van der Waals surface area contributed by atoms with Crippen LogP contribution < -0.4 is 15.8 Å². The molecule has 0 atom stereocenters. The Morgan fingerprint density at radius 1 is 1.37 bits per heavy atom. The summed E-state index contributed by atoms with van der Waals surface area (Å²) in [5.74, 6) is 0.237. The second-order valence-electron chi connectivity index (χ2n) is 4.93. The van der Waals surface area contributed by atoms with Gasteiger partial charge < -0.3 is 20.9 Å². The van der Waals surface area contributed by atoms with E-state index in [0.29, 0.717) is 17.4 Å². The fourth-order valence-corrected chi connectivity index (χ4v) is 2.41. The number of carbonyl (C=O) groups excluding carboxylic acids is 1. The van der Waals surface area contributed by atoms with Crippen LogP contribution in [0.4, 0.5) is 5.69 Å². The molecule has 0 radical (unpaired) electrons. The molecule has 1 aliphatic rings. The van der Waals surface area contributed by atoms with Gasteiger partial charge in [0.15, 0.2) is 0 Å². The van der Waals surface area contributed by atoms with Crippen molar-refractivity contribution < 1.29 is 14.6 Å². The molecule has 104 valence electrons. The summed E-state index contributed by atoms with van der Waals surface area (Å²) < 4.78 is 5.28. The quantitative estimate of drug-likeness (QED) is 0.769. The van der Waals surface area contributed by atoms with E-state index in [0.717, 1.165) is 31.4 Å². The molecule has 2 rings (SSSR count). The van der Waals surface area contributed by atoms with Crippen molar-refractivity contribution in [3.05, 3.63) is 23.8 Å². The van der Waals surface area contributed by atoms with Gasteiger partial charge in [-0.05, 0) is 43.9 Å². The molecule has 1 aromatic rings. The first-order valence-electron chi connectivity index (χ1n) is 6.52. The average Bonchev–Trinajstić information content (AvgIpc) is 2.41. The third kappa shape index (κ3) is 3.38. The lowest BCUT2D eigenvalue weighted by Gasteiger charge is -2.27. The van der Waals surface area contributed by atoms with E-state index in [-0.39, 0.29) is 6.10 Å². The van der Waals surface area contributed by atoms with Crippen molar-refractivity contribution in [1.82, 2.24) is 0 Å². The summed E-state index contributed by atoms with van der Waals surface area (Å²) in [6.07, 6.45) is 3.23. The average molecular weight is 264 g/mol. The van der Waals surface area contributed by atoms with Gasteiger partial charge in [0.1, 0.15) is 5.75 Å². The normalized spacial score (nSPS) is 22.8. The van der Waals surface area contributed by atoms with E-state index in [1.165, 1.54) is 0 Å². The second kappa shape index (κ2) is 5.93. The van der Waals surface area contributed by atoms with Crippen LogP contribution in [0.1, 0.15) is 36.0 Å². The highest BCUT2D eigenvalue weighted by Gasteiger charge is 2.20. The van der Waals surface area contributed by atoms with Crippen LogP contribution in [0.25, 0.3) is 0 Å². The van der Waals surface area contributed by atoms with Crippen LogP contribution >= 0.6 is 0 Å². The van der Waals surface area contributed by atoms with Crippen molar-refractivity contribution in [3.63, 3.8) is 0 Å². The number of aliphatic hydroxyl groups excluding tert-OH is 1. The Labute approximate surface area is 112 Å². The molecule has 4 N–H and O–H groups in total. The zero-order valence-electron chi connectivity index (χ0n) is 11.1. The number of carbonyl (C=O) groups is 1. The topological polar surface area (TPSA) is 84.6 Å². The first kappa shape index (κ1) is 13.7. The summed E-state index contributed by atoms with van der Waals surface area (Å²) in [7, 11) is 1.59. The van der Waals surface area contributed by atoms with Gasteiger partial charge in [0, 0.05) is 11.6 Å². The standard InChI is InChI=1S/C14H20N2O3/c1-19-13-7-2-9(14(15)18)8-12(13)16-10-3-5-11(17)6-4-10/h2,7-8,10-11,16-17H,3-6H2,1H3,(H2,15,18). The maximum atomic E-state index is 11.2. The summed E-state index contributed by atoms with van der Waals surface area (Å²) in [6.45, 7) is 0. The van der Waals surface area contributed by atoms with Crippen LogP contribution in [-0.4, -0.2) is 30.3 Å². The number of hydrogen-bond donors (Lipinski definition) is 3. The van der Waals surface area contributed by atoms with Crippen LogP contribution in [0, 0.1) is 0 Å². The fraction of sp³-hybridized carbons (Fsp3) is 0.500. The number of primary amides is 1. The first-order chi connectivity index (χ1) is 9.10. The molecule has 0 saturated heterocycles. The van der Waals surface area contributed by atoms with Crippen molar-refractivity contribution in [2.45, 2.75) is 37.8 Å². The zero-order chi connectivity index (χ0) is 13.8. The summed E-state index contributed by atoms with van der Waals surface area (Å²) in [5, 5.41) is 12.9. The summed E-state index contributed by atoms with van der Waals surface area (Å²) in [6, 6.07) is 5.39. The van der Waals surface area contributed by atoms with Crippen molar-refractivity contribution in [1.29, 1.82) is 0 Å². The number of rotatable bonds is 4. The van der Waals surface area contributed by atoms with Crippen molar-refractivity contribution in [2.24, 2.45) is 5.73 Å². The minimum atomic E-state index is -0.454. The number of nitrogens with one attached hydrogen (secondary N) is 1. The number of aliphatic hydroxyl groups is 1. The zero-order valence-corrected chi connectivity index (χ0v) is 11.1. The number of amides is 1. The van der Waals surface area contributed by atoms with Crippen molar-refractivity contribution in [3.8, 4) is 5.75 Å². The Balaban J connectivity index is 2.13. The number of anilines is 1. The Kier molecular flexibility index (Phi) is 4.27. The first-order valence-corrected chi connectivity index (χ1v) is 6.52. The van der Waals surface area contributed by atoms with Crippen LogP contribution in [0.15, 0.2) is 18.2 Å². The van der Waals surface area contributed by atoms with E-state index in [4.69, 9.17) is 10.5 Å². The molecule has 0 bridgehead atoms. The Hall–Kier alpha value is -1.75. The van der Waals surface area contributed by atoms with Crippen LogP contribution in [0.5, 0.6) is 5.75 Å². The Morgan fingerprint density at radius 2 is 2.05 bits per heavy atom. The predicted octanol–water partition coefficient (Wildman–Crippen LogP) is 1.51. The lowest BCUT2D eigenvalue weighted by molar-refractivity contribution is 0.100. The fourth-order valence-electron chi connectivity index (χ4n) is 2.41. The lowest BCUT2D eigenvalue weighted by Crippen LogP contribution is -2.28. The maximum absolute atomic E-state index is 11.2. The van der Waals surface area contributed by atoms with Crippen LogP contribution in [0.2, 0.25) is 0 Å². The van der Waals surface area contributed by atoms with E-state index in [9.17, 15) is 9.90 Å². The minimum absolute atomic E-state index is 0.183. The third-order valence-electron chi connectivity index (χ3n) is 3.54. The van der Waals surface area contributed by atoms with Gasteiger partial charge in [0.25, 0.3) is 0 Å². The second-order valence-corrected chi connectivity index (χ2v) is 4.93. The van der Waals surface area contributed by atoms with Gasteiger partial charge in [0.2, 0.25) is 5.91 Å². The largest absolute Gasteiger partial charge is 0.495 e. The molecule has 1 aromatic carbocycles. The smallest absolute Gasteiger partial charge is 0.248 e.